The van der Waals surface area contributed by atoms with E-state index in [9.17, 15) is 9.59 Å². The van der Waals surface area contributed by atoms with E-state index in [1.54, 1.807) is 11.0 Å². The SMILES string of the molecule is CCCCc1ccc(C(=O)Nc2cc(C(=O)N3CCOCC3)ccc2C)cc1. The topological polar surface area (TPSA) is 58.6 Å². The smallest absolute Gasteiger partial charge is 0.255 e. The van der Waals surface area contributed by atoms with E-state index in [2.05, 4.69) is 12.2 Å². The van der Waals surface area contributed by atoms with Crippen molar-refractivity contribution in [1.82, 2.24) is 4.90 Å². The van der Waals surface area contributed by atoms with Crippen molar-refractivity contribution >= 4 is 17.5 Å². The Bertz CT molecular complexity index is 824. The number of ether oxygens (including phenoxy) is 1. The highest BCUT2D eigenvalue weighted by atomic mass is 16.5. The van der Waals surface area contributed by atoms with Crippen LogP contribution in [0.5, 0.6) is 0 Å². The van der Waals surface area contributed by atoms with Crippen LogP contribution in [-0.2, 0) is 11.2 Å². The van der Waals surface area contributed by atoms with Crippen LogP contribution in [0, 0.1) is 6.92 Å². The third kappa shape index (κ3) is 4.98. The number of rotatable bonds is 6. The van der Waals surface area contributed by atoms with Crippen LogP contribution in [0.3, 0.4) is 0 Å². The Labute approximate surface area is 166 Å². The molecule has 28 heavy (non-hydrogen) atoms. The summed E-state index contributed by atoms with van der Waals surface area (Å²) in [5.41, 5.74) is 4.03. The average Bonchev–Trinajstić information content (AvgIpc) is 2.74. The number of nitrogens with zero attached hydrogens (tertiary/aromatic N) is 1. The molecule has 0 aromatic heterocycles. The van der Waals surface area contributed by atoms with Crippen molar-refractivity contribution in [3.63, 3.8) is 0 Å². The van der Waals surface area contributed by atoms with Gasteiger partial charge in [0.2, 0.25) is 0 Å². The molecule has 0 saturated carbocycles. The van der Waals surface area contributed by atoms with Crippen molar-refractivity contribution in [3.8, 4) is 0 Å². The van der Waals surface area contributed by atoms with Crippen LogP contribution in [-0.4, -0.2) is 43.0 Å². The number of carbonyl (C=O) groups is 2. The quantitative estimate of drug-likeness (QED) is 0.822. The van der Waals surface area contributed by atoms with E-state index in [0.717, 1.165) is 24.8 Å². The number of aryl methyl sites for hydroxylation is 2. The van der Waals surface area contributed by atoms with Gasteiger partial charge in [0.15, 0.2) is 0 Å². The number of morpholine rings is 1. The Balaban J connectivity index is 1.70. The summed E-state index contributed by atoms with van der Waals surface area (Å²) in [4.78, 5) is 27.1. The lowest BCUT2D eigenvalue weighted by Gasteiger charge is -2.27. The first-order valence-electron chi connectivity index (χ1n) is 9.96. The normalized spacial score (nSPS) is 14.0. The predicted octanol–water partition coefficient (Wildman–Crippen LogP) is 4.06. The van der Waals surface area contributed by atoms with Crippen LogP contribution in [0.1, 0.15) is 51.6 Å². The Morgan fingerprint density at radius 3 is 2.39 bits per heavy atom. The number of nitrogens with one attached hydrogen (secondary N) is 1. The highest BCUT2D eigenvalue weighted by Gasteiger charge is 2.19. The molecule has 2 amide bonds. The second-order valence-electron chi connectivity index (χ2n) is 7.19. The fourth-order valence-electron chi connectivity index (χ4n) is 3.24. The van der Waals surface area contributed by atoms with Crippen LogP contribution >= 0.6 is 0 Å². The molecule has 5 nitrogen and oxygen atoms in total. The van der Waals surface area contributed by atoms with Crippen molar-refractivity contribution in [3.05, 3.63) is 64.7 Å². The monoisotopic (exact) mass is 380 g/mol. The van der Waals surface area contributed by atoms with Crippen molar-refractivity contribution in [1.29, 1.82) is 0 Å². The first kappa shape index (κ1) is 20.1. The highest BCUT2D eigenvalue weighted by Crippen LogP contribution is 2.20. The van der Waals surface area contributed by atoms with E-state index in [1.165, 1.54) is 5.56 Å². The summed E-state index contributed by atoms with van der Waals surface area (Å²) in [6.45, 7) is 6.41. The second kappa shape index (κ2) is 9.51. The van der Waals surface area contributed by atoms with Gasteiger partial charge in [-0.05, 0) is 55.2 Å². The van der Waals surface area contributed by atoms with Gasteiger partial charge in [-0.3, -0.25) is 9.59 Å². The second-order valence-corrected chi connectivity index (χ2v) is 7.19. The maximum absolute atomic E-state index is 12.7. The highest BCUT2D eigenvalue weighted by molar-refractivity contribution is 6.05. The average molecular weight is 380 g/mol. The summed E-state index contributed by atoms with van der Waals surface area (Å²) < 4.78 is 5.31. The molecule has 148 valence electrons. The minimum absolute atomic E-state index is 0.0286. The molecule has 0 bridgehead atoms. The number of unbranched alkanes of at least 4 members (excludes halogenated alkanes) is 1. The van der Waals surface area contributed by atoms with E-state index < -0.39 is 0 Å². The standard InChI is InChI=1S/C23H28N2O3/c1-3-4-5-18-7-10-19(11-8-18)22(26)24-21-16-20(9-6-17(21)2)23(27)25-12-14-28-15-13-25/h6-11,16H,3-5,12-15H2,1-2H3,(H,24,26). The molecule has 5 heteroatoms. The van der Waals surface area contributed by atoms with Gasteiger partial charge in [-0.15, -0.1) is 0 Å². The van der Waals surface area contributed by atoms with Gasteiger partial charge in [0, 0.05) is 29.9 Å². The van der Waals surface area contributed by atoms with Crippen LogP contribution < -0.4 is 5.32 Å². The number of hydrogen-bond donors (Lipinski definition) is 1. The molecule has 1 saturated heterocycles. The molecule has 1 heterocycles. The molecule has 1 N–H and O–H groups in total. The zero-order chi connectivity index (χ0) is 19.9. The van der Waals surface area contributed by atoms with E-state index in [-0.39, 0.29) is 11.8 Å². The van der Waals surface area contributed by atoms with Gasteiger partial charge in [-0.2, -0.15) is 0 Å². The maximum atomic E-state index is 12.7. The predicted molar refractivity (Wildman–Crippen MR) is 111 cm³/mol. The molecule has 1 aliphatic heterocycles. The first-order valence-corrected chi connectivity index (χ1v) is 9.96. The number of carbonyl (C=O) groups excluding carboxylic acids is 2. The third-order valence-electron chi connectivity index (χ3n) is 5.07. The molecule has 1 aliphatic rings. The zero-order valence-electron chi connectivity index (χ0n) is 16.7. The van der Waals surface area contributed by atoms with E-state index in [0.29, 0.717) is 43.1 Å². The van der Waals surface area contributed by atoms with Crippen molar-refractivity contribution in [2.45, 2.75) is 33.1 Å². The number of anilines is 1. The minimum atomic E-state index is -0.166. The third-order valence-corrected chi connectivity index (χ3v) is 5.07. The summed E-state index contributed by atoms with van der Waals surface area (Å²) in [6, 6.07) is 13.2. The Morgan fingerprint density at radius 2 is 1.71 bits per heavy atom. The Morgan fingerprint density at radius 1 is 1.04 bits per heavy atom. The van der Waals surface area contributed by atoms with Crippen LogP contribution in [0.2, 0.25) is 0 Å². The van der Waals surface area contributed by atoms with Gasteiger partial charge in [0.05, 0.1) is 13.2 Å². The summed E-state index contributed by atoms with van der Waals surface area (Å²) in [7, 11) is 0. The largest absolute Gasteiger partial charge is 0.378 e. The molecule has 2 aromatic rings. The summed E-state index contributed by atoms with van der Waals surface area (Å²) >= 11 is 0. The molecule has 0 aliphatic carbocycles. The van der Waals surface area contributed by atoms with Crippen LogP contribution in [0.4, 0.5) is 5.69 Å². The summed E-state index contributed by atoms with van der Waals surface area (Å²) in [5.74, 6) is -0.194. The fourth-order valence-corrected chi connectivity index (χ4v) is 3.24. The molecule has 0 radical (unpaired) electrons. The lowest BCUT2D eigenvalue weighted by atomic mass is 10.1. The van der Waals surface area contributed by atoms with Gasteiger partial charge >= 0.3 is 0 Å². The molecule has 0 atom stereocenters. The zero-order valence-corrected chi connectivity index (χ0v) is 16.7. The van der Waals surface area contributed by atoms with Crippen LogP contribution in [0.25, 0.3) is 0 Å². The lowest BCUT2D eigenvalue weighted by Crippen LogP contribution is -2.40. The summed E-state index contributed by atoms with van der Waals surface area (Å²) in [6.07, 6.45) is 3.33. The minimum Gasteiger partial charge on any atom is -0.378 e. The molecular weight excluding hydrogens is 352 g/mol. The molecule has 0 spiro atoms. The van der Waals surface area contributed by atoms with Crippen molar-refractivity contribution in [2.75, 3.05) is 31.6 Å². The Hall–Kier alpha value is -2.66. The molecular formula is C23H28N2O3. The van der Waals surface area contributed by atoms with Crippen molar-refractivity contribution in [2.24, 2.45) is 0 Å². The maximum Gasteiger partial charge on any atom is 0.255 e. The van der Waals surface area contributed by atoms with Crippen LogP contribution in [0.15, 0.2) is 42.5 Å². The lowest BCUT2D eigenvalue weighted by molar-refractivity contribution is 0.0303. The van der Waals surface area contributed by atoms with E-state index >= 15 is 0 Å². The van der Waals surface area contributed by atoms with E-state index in [4.69, 9.17) is 4.74 Å². The molecule has 3 rings (SSSR count). The van der Waals surface area contributed by atoms with Gasteiger partial charge in [0.1, 0.15) is 0 Å². The van der Waals surface area contributed by atoms with Gasteiger partial charge in [-0.25, -0.2) is 0 Å². The van der Waals surface area contributed by atoms with Crippen molar-refractivity contribution < 1.29 is 14.3 Å². The van der Waals surface area contributed by atoms with Gasteiger partial charge in [0.25, 0.3) is 11.8 Å². The number of hydrogen-bond acceptors (Lipinski definition) is 3. The first-order chi connectivity index (χ1) is 13.6. The Kier molecular flexibility index (Phi) is 6.82. The molecule has 2 aromatic carbocycles. The van der Waals surface area contributed by atoms with E-state index in [1.807, 2.05) is 43.3 Å². The van der Waals surface area contributed by atoms with Gasteiger partial charge in [-0.1, -0.05) is 31.5 Å². The molecule has 0 unspecified atom stereocenters. The fraction of sp³-hybridized carbons (Fsp3) is 0.391. The molecule has 1 fully saturated rings. The number of benzene rings is 2. The summed E-state index contributed by atoms with van der Waals surface area (Å²) in [5, 5.41) is 2.95. The van der Waals surface area contributed by atoms with Gasteiger partial charge < -0.3 is 15.0 Å². The number of amides is 2.